The van der Waals surface area contributed by atoms with Crippen LogP contribution in [0.25, 0.3) is 89.2 Å². The Morgan fingerprint density at radius 1 is 0.172 bits per heavy atom. The lowest BCUT2D eigenvalue weighted by Crippen LogP contribution is -2.58. The summed E-state index contributed by atoms with van der Waals surface area (Å²) in [6.45, 7) is 0. The molecule has 0 unspecified atom stereocenters. The summed E-state index contributed by atoms with van der Waals surface area (Å²) in [5.41, 5.74) is 62.6. The van der Waals surface area contributed by atoms with Gasteiger partial charge in [0.2, 0.25) is 0 Å². The van der Waals surface area contributed by atoms with E-state index in [2.05, 4.69) is 298 Å². The van der Waals surface area contributed by atoms with Gasteiger partial charge in [-0.1, -0.05) is 114 Å². The first-order valence-corrected chi connectivity index (χ1v) is 34.9. The highest BCUT2D eigenvalue weighted by Gasteiger charge is 2.59. The minimum absolute atomic E-state index is 0.201. The number of benzene rings is 8. The van der Waals surface area contributed by atoms with E-state index in [-0.39, 0.29) is 10.2 Å². The Morgan fingerprint density at radius 2 is 0.376 bits per heavy atom. The first-order valence-electron chi connectivity index (χ1n) is 34.9. The zero-order valence-electron chi connectivity index (χ0n) is 65.4. The van der Waals surface area contributed by atoms with Crippen molar-refractivity contribution in [2.75, 3.05) is 0 Å². The molecule has 1 aliphatic rings. The number of hydrogen-bond donors (Lipinski definition) is 0. The lowest BCUT2D eigenvalue weighted by molar-refractivity contribution is 0.540. The molecule has 40 heteroatoms. The van der Waals surface area contributed by atoms with Crippen molar-refractivity contribution < 1.29 is 0 Å². The molecule has 0 fully saturated rings. The smallest absolute Gasteiger partial charge is 0.159 e. The minimum atomic E-state index is -0.390. The molecule has 9 aromatic rings. The van der Waals surface area contributed by atoms with E-state index >= 15 is 0 Å². The zero-order chi connectivity index (χ0) is 69.8. The molecule has 0 spiro atoms. The molecule has 0 radical (unpaired) electrons. The van der Waals surface area contributed by atoms with E-state index < -0.39 is 5.41 Å². The van der Waals surface area contributed by atoms with Crippen molar-refractivity contribution in [1.82, 2.24) is 9.97 Å². The quantitative estimate of drug-likeness (QED) is 0.142. The van der Waals surface area contributed by atoms with Crippen LogP contribution < -0.4 is 175 Å². The van der Waals surface area contributed by atoms with E-state index in [1.165, 1.54) is 247 Å². The Balaban J connectivity index is 1.41. The van der Waals surface area contributed by atoms with Gasteiger partial charge >= 0.3 is 0 Å². The monoisotopic (exact) mass is 1160 g/mol. The van der Waals surface area contributed by atoms with E-state index in [1.54, 1.807) is 0 Å². The van der Waals surface area contributed by atoms with Crippen LogP contribution in [0, 0.1) is 0 Å². The zero-order valence-corrected chi connectivity index (χ0v) is 65.4. The Labute approximate surface area is 594 Å². The molecule has 10 rings (SSSR count). The topological polar surface area (TPSA) is 25.8 Å². The summed E-state index contributed by atoms with van der Waals surface area (Å²) in [6, 6.07) is 0. The molecule has 0 atom stereocenters. The molecule has 1 aromatic heterocycles. The third-order valence-corrected chi connectivity index (χ3v) is 26.6. The van der Waals surface area contributed by atoms with Gasteiger partial charge in [-0.2, -0.15) is 0 Å². The van der Waals surface area contributed by atoms with Crippen LogP contribution >= 0.6 is 0 Å². The predicted molar refractivity (Wildman–Crippen MR) is 537 cm³/mol. The Bertz CT molecular complexity index is 4870. The Hall–Kier alpha value is -4.43. The third kappa shape index (κ3) is 9.66. The molecule has 0 amide bonds. The number of hydrogen-bond acceptors (Lipinski definition) is 2. The van der Waals surface area contributed by atoms with Crippen LogP contribution in [-0.4, -0.2) is 308 Å². The van der Waals surface area contributed by atoms with E-state index in [1.807, 2.05) is 0 Å². The van der Waals surface area contributed by atoms with Crippen LogP contribution in [0.1, 0.15) is 11.1 Å². The molecule has 2 nitrogen and oxygen atoms in total. The van der Waals surface area contributed by atoms with Gasteiger partial charge in [-0.15, -0.1) is 65.6 Å². The average molecular weight is 1150 g/mol. The maximum absolute atomic E-state index is 6.11. The van der Waals surface area contributed by atoms with Gasteiger partial charge in [0.15, 0.2) is 5.82 Å². The summed E-state index contributed by atoms with van der Waals surface area (Å²) >= 11 is 0. The number of aromatic nitrogens is 2. The van der Waals surface area contributed by atoms with Crippen LogP contribution in [0.3, 0.4) is 0 Å². The maximum Gasteiger partial charge on any atom is 0.159 e. The summed E-state index contributed by atoms with van der Waals surface area (Å²) in [5.74, 6) is 0.801. The van der Waals surface area contributed by atoms with Crippen molar-refractivity contribution in [2.45, 2.75) is 15.6 Å². The van der Waals surface area contributed by atoms with Crippen LogP contribution in [0.5, 0.6) is 0 Å². The molecule has 8 aromatic carbocycles. The fourth-order valence-corrected chi connectivity index (χ4v) is 19.4. The van der Waals surface area contributed by atoms with Crippen molar-refractivity contribution in [3.63, 3.8) is 0 Å². The highest BCUT2D eigenvalue weighted by Crippen LogP contribution is 2.63. The van der Waals surface area contributed by atoms with Crippen molar-refractivity contribution in [3.05, 3.63) is 11.1 Å². The highest BCUT2D eigenvalue weighted by atomic mass is 14.9. The average Bonchev–Trinajstić information content (AvgIpc) is 1.52. The molecule has 0 saturated carbocycles. The molecule has 412 valence electrons. The lowest BCUT2D eigenvalue weighted by Gasteiger charge is -2.56. The summed E-state index contributed by atoms with van der Waals surface area (Å²) < 4.78 is 0. The van der Waals surface area contributed by atoms with E-state index in [0.29, 0.717) is 0 Å². The van der Waals surface area contributed by atoms with Crippen molar-refractivity contribution in [2.24, 2.45) is 0 Å². The second kappa shape index (κ2) is 23.9. The van der Waals surface area contributed by atoms with Crippen molar-refractivity contribution in [3.8, 4) is 78.4 Å². The van der Waals surface area contributed by atoms with E-state index in [4.69, 9.17) is 9.97 Å². The molecule has 93 heavy (non-hydrogen) atoms. The number of fused-ring (bicyclic) bond motifs is 4. The van der Waals surface area contributed by atoms with Gasteiger partial charge in [0, 0.05) is 11.1 Å². The molecule has 1 aliphatic carbocycles. The van der Waals surface area contributed by atoms with Crippen LogP contribution in [0.2, 0.25) is 10.2 Å². The summed E-state index contributed by atoms with van der Waals surface area (Å²) in [6.07, 6.45) is 0. The van der Waals surface area contributed by atoms with Gasteiger partial charge in [-0.3, -0.25) is 0 Å². The minimum Gasteiger partial charge on any atom is -0.229 e. The lowest BCUT2D eigenvalue weighted by atomic mass is 9.17. The van der Waals surface area contributed by atoms with Crippen LogP contribution in [-0.2, 0) is 5.41 Å². The van der Waals surface area contributed by atoms with Gasteiger partial charge in [-0.25, -0.2) is 9.97 Å². The molecular weight excluding hydrogens is 1080 g/mol. The van der Waals surface area contributed by atoms with Crippen LogP contribution in [0.15, 0.2) is 0 Å². The van der Waals surface area contributed by atoms with Gasteiger partial charge in [0.25, 0.3) is 0 Å². The number of nitrogens with zero attached hydrogens (tertiary/aromatic N) is 2. The number of rotatable bonds is 8. The second-order valence-corrected chi connectivity index (χ2v) is 32.1. The van der Waals surface area contributed by atoms with E-state index in [9.17, 15) is 0 Å². The first-order chi connectivity index (χ1) is 42.9. The molecule has 0 bridgehead atoms. The predicted octanol–water partition coefficient (Wildman–Crippen LogP) is -47.9. The first kappa shape index (κ1) is 71.3. The largest absolute Gasteiger partial charge is 0.229 e. The van der Waals surface area contributed by atoms with Gasteiger partial charge in [0.05, 0.1) is 58.5 Å². The van der Waals surface area contributed by atoms with E-state index in [0.717, 1.165) is 28.2 Å². The van der Waals surface area contributed by atoms with Crippen molar-refractivity contribution in [1.29, 1.82) is 0 Å². The van der Waals surface area contributed by atoms with Gasteiger partial charge < -0.3 is 0 Å². The van der Waals surface area contributed by atoms with Crippen LogP contribution in [0.4, 0.5) is 0 Å². The fourth-order valence-electron chi connectivity index (χ4n) is 19.4. The summed E-state index contributed by atoms with van der Waals surface area (Å²) in [7, 11) is 91.3. The summed E-state index contributed by atoms with van der Waals surface area (Å²) in [5, 5.41) is 2.25. The normalized spacial score (nSPS) is 12.7. The van der Waals surface area contributed by atoms with Gasteiger partial charge in [-0.05, 0) is 82.8 Å². The Kier molecular flexibility index (Phi) is 18.4. The standard InChI is InChI=1S/C53H76B38N2/c54-16-7(9-27(65)38(76)44(82)39(77)28(9)66)26(64)35(73)32(70)12(16)49-47(85)48(92-50(93-49)13-33(71)42(80)46(84)43(81)34(13)72)11-3-1(20(58)36(74)37(75)21(3)59)2(19(57)31(11)69)6-17(55)14-4(22(60)24(6)62)5-15(51(14,52(86,87)88)53(89,90)91)18(56)8(25(63)23(5)61)10-29(67)40(78)45(83)41(79)30(10)68/h54-91H2. The molecule has 0 aliphatic heterocycles. The van der Waals surface area contributed by atoms with Crippen molar-refractivity contribution >= 4 is 484 Å². The Morgan fingerprint density at radius 3 is 0.720 bits per heavy atom. The fraction of sp³-hybridized carbons (Fsp3) is 0.0566. The summed E-state index contributed by atoms with van der Waals surface area (Å²) in [4.78, 5) is 12.1. The van der Waals surface area contributed by atoms with Gasteiger partial charge in [0.1, 0.15) is 251 Å². The maximum atomic E-state index is 6.11. The third-order valence-electron chi connectivity index (χ3n) is 26.6. The molecule has 0 saturated heterocycles. The second-order valence-electron chi connectivity index (χ2n) is 32.1. The highest BCUT2D eigenvalue weighted by molar-refractivity contribution is 6.77. The molecule has 0 N–H and O–H groups in total. The SMILES string of the molecule is Bc1c(-c2c(B)c(B)c(B)c(-c3c(B)c(B)c(B)c(B)c3B)c2B)nc(-c2c(B)c(B)c(B)c(B)c2B)nc1-c1c(B)c(B)c(-c2c(B)c(B)c3c(c2B)C(C(B)(B)B)(C(B)(B)B)c2c(B)c(-c4c(B)c(B)c(B)c(B)c4B)c(B)c(B)c2-3)c2c(B)c(B)c(B)c(B)c12. The molecule has 1 heterocycles. The molecular formula is C53H76B38N2.